The van der Waals surface area contributed by atoms with Crippen molar-refractivity contribution >= 4 is 0 Å². The number of hydrogen-bond donors (Lipinski definition) is 1. The first kappa shape index (κ1) is 12.4. The molecule has 1 nitrogen and oxygen atoms in total. The topological polar surface area (TPSA) is 26.0 Å². The number of fused-ring (bicyclic) bond motifs is 2. The summed E-state index contributed by atoms with van der Waals surface area (Å²) in [6.07, 6.45) is 12.4. The second kappa shape index (κ2) is 5.08. The van der Waals surface area contributed by atoms with Crippen molar-refractivity contribution in [2.24, 2.45) is 23.5 Å². The third-order valence-electron chi connectivity index (χ3n) is 5.23. The second-order valence-electron chi connectivity index (χ2n) is 6.43. The Balaban J connectivity index is 1.87. The van der Waals surface area contributed by atoms with E-state index >= 15 is 0 Å². The summed E-state index contributed by atoms with van der Waals surface area (Å²) in [5.41, 5.74) is 6.93. The Morgan fingerprint density at radius 2 is 2.12 bits per heavy atom. The molecule has 2 bridgehead atoms. The van der Waals surface area contributed by atoms with E-state index in [-0.39, 0.29) is 5.54 Å². The minimum Gasteiger partial charge on any atom is -0.325 e. The summed E-state index contributed by atoms with van der Waals surface area (Å²) in [6.45, 7) is 4.64. The van der Waals surface area contributed by atoms with Crippen molar-refractivity contribution in [1.29, 1.82) is 0 Å². The maximum Gasteiger partial charge on any atom is 0.0188 e. The van der Waals surface area contributed by atoms with Gasteiger partial charge in [-0.1, -0.05) is 46.0 Å². The summed E-state index contributed by atoms with van der Waals surface area (Å²) >= 11 is 0. The van der Waals surface area contributed by atoms with Gasteiger partial charge in [-0.05, 0) is 43.4 Å². The lowest BCUT2D eigenvalue weighted by Gasteiger charge is -2.37. The van der Waals surface area contributed by atoms with E-state index in [2.05, 4.69) is 13.8 Å². The summed E-state index contributed by atoms with van der Waals surface area (Å²) in [6, 6.07) is 0. The quantitative estimate of drug-likeness (QED) is 0.720. The molecule has 16 heavy (non-hydrogen) atoms. The van der Waals surface area contributed by atoms with Crippen molar-refractivity contribution in [3.05, 3.63) is 0 Å². The van der Waals surface area contributed by atoms with Crippen LogP contribution in [0.1, 0.15) is 71.6 Å². The van der Waals surface area contributed by atoms with Crippen LogP contribution in [0, 0.1) is 17.8 Å². The van der Waals surface area contributed by atoms with E-state index in [1.54, 1.807) is 0 Å². The van der Waals surface area contributed by atoms with E-state index in [1.165, 1.54) is 57.8 Å². The van der Waals surface area contributed by atoms with Crippen LogP contribution in [0.5, 0.6) is 0 Å². The van der Waals surface area contributed by atoms with Crippen LogP contribution >= 0.6 is 0 Å². The Bertz CT molecular complexity index is 225. The number of rotatable bonds is 6. The van der Waals surface area contributed by atoms with Gasteiger partial charge in [0.1, 0.15) is 0 Å². The third kappa shape index (κ3) is 2.45. The van der Waals surface area contributed by atoms with Gasteiger partial charge in [0.15, 0.2) is 0 Å². The standard InChI is InChI=1S/C15H29N/c1-3-5-6-12(4-2)10-15(16)11-13-7-8-14(15)9-13/h12-14H,3-11,16H2,1-2H3. The van der Waals surface area contributed by atoms with Gasteiger partial charge in [-0.2, -0.15) is 0 Å². The van der Waals surface area contributed by atoms with Crippen molar-refractivity contribution in [3.63, 3.8) is 0 Å². The molecule has 2 aliphatic carbocycles. The van der Waals surface area contributed by atoms with Crippen LogP contribution in [0.3, 0.4) is 0 Å². The molecule has 0 aromatic heterocycles. The molecule has 0 aromatic rings. The predicted molar refractivity (Wildman–Crippen MR) is 70.3 cm³/mol. The molecule has 0 heterocycles. The summed E-state index contributed by atoms with van der Waals surface area (Å²) in [5.74, 6) is 2.75. The largest absolute Gasteiger partial charge is 0.325 e. The molecule has 0 radical (unpaired) electrons. The van der Waals surface area contributed by atoms with Gasteiger partial charge in [0.05, 0.1) is 0 Å². The van der Waals surface area contributed by atoms with Crippen molar-refractivity contribution < 1.29 is 0 Å². The number of hydrogen-bond acceptors (Lipinski definition) is 1. The first-order chi connectivity index (χ1) is 7.68. The fourth-order valence-corrected chi connectivity index (χ4v) is 4.22. The highest BCUT2D eigenvalue weighted by atomic mass is 14.8. The number of unbranched alkanes of at least 4 members (excludes halogenated alkanes) is 1. The minimum atomic E-state index is 0.233. The average molecular weight is 223 g/mol. The van der Waals surface area contributed by atoms with Crippen molar-refractivity contribution in [3.8, 4) is 0 Å². The fourth-order valence-electron chi connectivity index (χ4n) is 4.22. The third-order valence-corrected chi connectivity index (χ3v) is 5.23. The molecule has 4 atom stereocenters. The zero-order valence-electron chi connectivity index (χ0n) is 11.2. The fraction of sp³-hybridized carbons (Fsp3) is 1.00. The Kier molecular flexibility index (Phi) is 3.94. The highest BCUT2D eigenvalue weighted by molar-refractivity contribution is 5.04. The first-order valence-electron chi connectivity index (χ1n) is 7.46. The van der Waals surface area contributed by atoms with E-state index < -0.39 is 0 Å². The average Bonchev–Trinajstić information content (AvgIpc) is 2.83. The normalized spacial score (nSPS) is 39.2. The zero-order valence-corrected chi connectivity index (χ0v) is 11.2. The van der Waals surface area contributed by atoms with Crippen LogP contribution in [-0.2, 0) is 0 Å². The Morgan fingerprint density at radius 3 is 2.62 bits per heavy atom. The van der Waals surface area contributed by atoms with Crippen LogP contribution in [0.2, 0.25) is 0 Å². The van der Waals surface area contributed by atoms with E-state index in [9.17, 15) is 0 Å². The highest BCUT2D eigenvalue weighted by Crippen LogP contribution is 2.52. The van der Waals surface area contributed by atoms with Crippen LogP contribution in [0.4, 0.5) is 0 Å². The molecule has 2 rings (SSSR count). The molecule has 94 valence electrons. The lowest BCUT2D eigenvalue weighted by atomic mass is 9.74. The van der Waals surface area contributed by atoms with Gasteiger partial charge < -0.3 is 5.73 Å². The van der Waals surface area contributed by atoms with Crippen molar-refractivity contribution in [2.75, 3.05) is 0 Å². The predicted octanol–water partition coefficient (Wildman–Crippen LogP) is 4.11. The molecule has 0 aromatic carbocycles. The van der Waals surface area contributed by atoms with Crippen LogP contribution in [-0.4, -0.2) is 5.54 Å². The van der Waals surface area contributed by atoms with Gasteiger partial charge in [0, 0.05) is 5.54 Å². The first-order valence-corrected chi connectivity index (χ1v) is 7.46. The Morgan fingerprint density at radius 1 is 1.31 bits per heavy atom. The smallest absolute Gasteiger partial charge is 0.0188 e. The van der Waals surface area contributed by atoms with E-state index in [4.69, 9.17) is 5.73 Å². The van der Waals surface area contributed by atoms with Crippen molar-refractivity contribution in [1.82, 2.24) is 0 Å². The summed E-state index contributed by atoms with van der Waals surface area (Å²) in [7, 11) is 0. The monoisotopic (exact) mass is 223 g/mol. The van der Waals surface area contributed by atoms with E-state index in [0.717, 1.165) is 17.8 Å². The van der Waals surface area contributed by atoms with Gasteiger partial charge in [-0.3, -0.25) is 0 Å². The van der Waals surface area contributed by atoms with Gasteiger partial charge in [0.2, 0.25) is 0 Å². The molecule has 2 N–H and O–H groups in total. The second-order valence-corrected chi connectivity index (χ2v) is 6.43. The molecule has 0 saturated heterocycles. The Labute approximate surface area is 101 Å². The molecule has 0 aliphatic heterocycles. The number of nitrogens with two attached hydrogens (primary N) is 1. The molecule has 1 heteroatoms. The van der Waals surface area contributed by atoms with Gasteiger partial charge in [0.25, 0.3) is 0 Å². The van der Waals surface area contributed by atoms with Gasteiger partial charge >= 0.3 is 0 Å². The molecular formula is C15H29N. The molecule has 2 aliphatic rings. The van der Waals surface area contributed by atoms with Crippen LogP contribution in [0.25, 0.3) is 0 Å². The zero-order chi connectivity index (χ0) is 11.6. The molecule has 0 spiro atoms. The molecule has 0 amide bonds. The molecule has 2 fully saturated rings. The molecule has 2 saturated carbocycles. The van der Waals surface area contributed by atoms with Gasteiger partial charge in [-0.25, -0.2) is 0 Å². The summed E-state index contributed by atoms with van der Waals surface area (Å²) < 4.78 is 0. The minimum absolute atomic E-state index is 0.233. The maximum atomic E-state index is 6.69. The maximum absolute atomic E-state index is 6.69. The lowest BCUT2D eigenvalue weighted by Crippen LogP contribution is -2.46. The summed E-state index contributed by atoms with van der Waals surface area (Å²) in [5, 5.41) is 0. The van der Waals surface area contributed by atoms with Gasteiger partial charge in [-0.15, -0.1) is 0 Å². The van der Waals surface area contributed by atoms with Crippen LogP contribution in [0.15, 0.2) is 0 Å². The van der Waals surface area contributed by atoms with Crippen LogP contribution < -0.4 is 5.73 Å². The summed E-state index contributed by atoms with van der Waals surface area (Å²) in [4.78, 5) is 0. The van der Waals surface area contributed by atoms with E-state index in [1.807, 2.05) is 0 Å². The SMILES string of the molecule is CCCCC(CC)CC1(N)CC2CCC1C2. The van der Waals surface area contributed by atoms with Crippen molar-refractivity contribution in [2.45, 2.75) is 77.2 Å². The molecule has 4 unspecified atom stereocenters. The molecular weight excluding hydrogens is 194 g/mol. The van der Waals surface area contributed by atoms with E-state index in [0.29, 0.717) is 0 Å². The highest BCUT2D eigenvalue weighted by Gasteiger charge is 2.48. The Hall–Kier alpha value is -0.0400. The lowest BCUT2D eigenvalue weighted by molar-refractivity contribution is 0.206.